The predicted molar refractivity (Wildman–Crippen MR) is 218 cm³/mol. The first-order valence-corrected chi connectivity index (χ1v) is 18.5. The third-order valence-corrected chi connectivity index (χ3v) is 11.7. The van der Waals surface area contributed by atoms with Crippen LogP contribution in [0.5, 0.6) is 0 Å². The molecule has 53 heavy (non-hydrogen) atoms. The molecular weight excluding hydrogens is 645 g/mol. The first kappa shape index (κ1) is 31.4. The zero-order chi connectivity index (χ0) is 35.9. The number of furan rings is 1. The smallest absolute Gasteiger partial charge is 0.160 e. The Labute approximate surface area is 310 Å². The van der Waals surface area contributed by atoms with Gasteiger partial charge in [-0.2, -0.15) is 0 Å². The number of fused-ring (bicyclic) bond motifs is 9. The average molecular weight is 683 g/mol. The highest BCUT2D eigenvalue weighted by Crippen LogP contribution is 2.62. The summed E-state index contributed by atoms with van der Waals surface area (Å²) in [5, 5.41) is 2.20. The van der Waals surface area contributed by atoms with Crippen molar-refractivity contribution in [3.05, 3.63) is 197 Å². The molecule has 1 unspecified atom stereocenters. The molecule has 3 nitrogen and oxygen atoms in total. The Morgan fingerprint density at radius 3 is 2.04 bits per heavy atom. The van der Waals surface area contributed by atoms with Crippen molar-refractivity contribution in [1.82, 2.24) is 9.97 Å². The highest BCUT2D eigenvalue weighted by atomic mass is 16.3. The molecule has 2 heterocycles. The molecule has 0 saturated heterocycles. The molecule has 0 fully saturated rings. The van der Waals surface area contributed by atoms with Crippen molar-refractivity contribution in [2.24, 2.45) is 0 Å². The molecule has 1 spiro atoms. The molecule has 0 saturated carbocycles. The molecule has 0 amide bonds. The summed E-state index contributed by atoms with van der Waals surface area (Å²) in [6.45, 7) is 9.21. The molecule has 10 rings (SSSR count). The van der Waals surface area contributed by atoms with Crippen LogP contribution in [0.3, 0.4) is 0 Å². The maximum Gasteiger partial charge on any atom is 0.160 e. The van der Waals surface area contributed by atoms with Crippen LogP contribution in [0.15, 0.2) is 168 Å². The number of para-hydroxylation sites is 1. The normalized spacial score (nSPS) is 17.1. The van der Waals surface area contributed by atoms with Crippen LogP contribution in [-0.4, -0.2) is 9.97 Å². The van der Waals surface area contributed by atoms with E-state index in [1.54, 1.807) is 0 Å². The van der Waals surface area contributed by atoms with Crippen molar-refractivity contribution < 1.29 is 4.42 Å². The zero-order valence-corrected chi connectivity index (χ0v) is 30.3. The number of rotatable bonds is 4. The van der Waals surface area contributed by atoms with Gasteiger partial charge in [0.15, 0.2) is 5.82 Å². The van der Waals surface area contributed by atoms with Gasteiger partial charge in [0.05, 0.1) is 16.8 Å². The fraction of sp³-hybridized carbons (Fsp3) is 0.120. The van der Waals surface area contributed by atoms with Crippen LogP contribution < -0.4 is 0 Å². The number of nitrogens with zero attached hydrogens (tertiary/aromatic N) is 2. The van der Waals surface area contributed by atoms with E-state index < -0.39 is 5.41 Å². The van der Waals surface area contributed by atoms with E-state index in [0.717, 1.165) is 50.0 Å². The van der Waals surface area contributed by atoms with Gasteiger partial charge >= 0.3 is 0 Å². The van der Waals surface area contributed by atoms with Crippen molar-refractivity contribution in [3.8, 4) is 33.9 Å². The van der Waals surface area contributed by atoms with Gasteiger partial charge in [0.2, 0.25) is 0 Å². The van der Waals surface area contributed by atoms with Crippen LogP contribution in [0.2, 0.25) is 0 Å². The minimum Gasteiger partial charge on any atom is -0.456 e. The first-order chi connectivity index (χ1) is 25.9. The molecule has 2 aliphatic carbocycles. The van der Waals surface area contributed by atoms with E-state index in [4.69, 9.17) is 14.4 Å². The van der Waals surface area contributed by atoms with Gasteiger partial charge in [-0.15, -0.1) is 0 Å². The van der Waals surface area contributed by atoms with Gasteiger partial charge in [-0.25, -0.2) is 9.97 Å². The number of allylic oxidation sites excluding steroid dienone is 4. The molecule has 2 aromatic heterocycles. The van der Waals surface area contributed by atoms with Gasteiger partial charge < -0.3 is 4.42 Å². The second-order valence-electron chi connectivity index (χ2n) is 14.9. The molecule has 6 aromatic carbocycles. The summed E-state index contributed by atoms with van der Waals surface area (Å²) >= 11 is 0. The van der Waals surface area contributed by atoms with Crippen LogP contribution in [0.25, 0.3) is 61.4 Å². The zero-order valence-electron chi connectivity index (χ0n) is 30.3. The molecule has 254 valence electrons. The van der Waals surface area contributed by atoms with E-state index in [1.165, 1.54) is 44.5 Å². The summed E-state index contributed by atoms with van der Waals surface area (Å²) in [6, 6.07) is 52.1. The van der Waals surface area contributed by atoms with Gasteiger partial charge in [0.25, 0.3) is 0 Å². The molecule has 0 N–H and O–H groups in total. The Hall–Kier alpha value is -6.32. The number of benzene rings is 6. The minimum atomic E-state index is -0.451. The highest BCUT2D eigenvalue weighted by molar-refractivity contribution is 6.05. The maximum atomic E-state index is 6.33. The molecule has 0 aliphatic heterocycles. The molecule has 8 aromatic rings. The second kappa shape index (κ2) is 11.6. The molecule has 3 heteroatoms. The summed E-state index contributed by atoms with van der Waals surface area (Å²) in [4.78, 5) is 10.7. The third kappa shape index (κ3) is 4.40. The SMILES string of the molecule is C/C=C\C1=C(C)C2(c3ccccc31)c1ccccc1C(C)(C)c1c(-c3cc(-c4ccccc4)nc(-c4ccc5c(c4)oc4ccccc45)n3)cccc12. The number of aromatic nitrogens is 2. The molecule has 1 atom stereocenters. The van der Waals surface area contributed by atoms with E-state index in [9.17, 15) is 0 Å². The molecule has 0 bridgehead atoms. The van der Waals surface area contributed by atoms with E-state index in [0.29, 0.717) is 5.82 Å². The second-order valence-corrected chi connectivity index (χ2v) is 14.9. The van der Waals surface area contributed by atoms with Crippen molar-refractivity contribution in [1.29, 1.82) is 0 Å². The summed E-state index contributed by atoms with van der Waals surface area (Å²) < 4.78 is 6.33. The van der Waals surface area contributed by atoms with E-state index in [-0.39, 0.29) is 5.41 Å². The van der Waals surface area contributed by atoms with E-state index in [1.807, 2.05) is 18.2 Å². The first-order valence-electron chi connectivity index (χ1n) is 18.5. The molecule has 2 aliphatic rings. The van der Waals surface area contributed by atoms with E-state index in [2.05, 4.69) is 167 Å². The minimum absolute atomic E-state index is 0.322. The highest BCUT2D eigenvalue weighted by Gasteiger charge is 2.53. The number of hydrogen-bond donors (Lipinski definition) is 0. The average Bonchev–Trinajstić information content (AvgIpc) is 3.69. The van der Waals surface area contributed by atoms with Crippen LogP contribution in [0, 0.1) is 0 Å². The third-order valence-electron chi connectivity index (χ3n) is 11.7. The summed E-state index contributed by atoms with van der Waals surface area (Å²) in [5.74, 6) is 0.669. The van der Waals surface area contributed by atoms with Gasteiger partial charge in [0, 0.05) is 32.9 Å². The lowest BCUT2D eigenvalue weighted by Crippen LogP contribution is -2.41. The van der Waals surface area contributed by atoms with Gasteiger partial charge in [-0.3, -0.25) is 0 Å². The quantitative estimate of drug-likeness (QED) is 0.185. The van der Waals surface area contributed by atoms with Crippen molar-refractivity contribution in [3.63, 3.8) is 0 Å². The lowest BCUT2D eigenvalue weighted by atomic mass is 9.54. The monoisotopic (exact) mass is 682 g/mol. The summed E-state index contributed by atoms with van der Waals surface area (Å²) in [6.07, 6.45) is 4.46. The lowest BCUT2D eigenvalue weighted by molar-refractivity contribution is 0.559. The molecule has 0 radical (unpaired) electrons. The largest absolute Gasteiger partial charge is 0.456 e. The maximum absolute atomic E-state index is 6.33. The fourth-order valence-electron chi connectivity index (χ4n) is 9.45. The molecular formula is C50H38N2O. The van der Waals surface area contributed by atoms with Crippen LogP contribution in [0.4, 0.5) is 0 Å². The van der Waals surface area contributed by atoms with Gasteiger partial charge in [-0.1, -0.05) is 147 Å². The van der Waals surface area contributed by atoms with Crippen LogP contribution in [-0.2, 0) is 10.8 Å². The summed E-state index contributed by atoms with van der Waals surface area (Å²) in [5.41, 5.74) is 16.4. The van der Waals surface area contributed by atoms with E-state index >= 15 is 0 Å². The summed E-state index contributed by atoms with van der Waals surface area (Å²) in [7, 11) is 0. The Kier molecular flexibility index (Phi) is 6.87. The fourth-order valence-corrected chi connectivity index (χ4v) is 9.45. The van der Waals surface area contributed by atoms with Gasteiger partial charge in [0.1, 0.15) is 11.2 Å². The Morgan fingerprint density at radius 1 is 0.547 bits per heavy atom. The Morgan fingerprint density at radius 2 is 1.21 bits per heavy atom. The van der Waals surface area contributed by atoms with Crippen LogP contribution >= 0.6 is 0 Å². The standard InChI is InChI=1S/C50H38N2O/c1-5-16-34-31(2)50(39-22-11-9-19-35(34)39)41-24-13-12-23-40(41)49(3,4)47-38(21-15-25-42(47)50)44-30-43(32-17-7-6-8-18-32)51-48(52-44)33-27-28-37-36-20-10-14-26-45(36)53-46(37)29-33/h5-30H,1-4H3/b16-5-. The van der Waals surface area contributed by atoms with Gasteiger partial charge in [-0.05, 0) is 82.6 Å². The number of hydrogen-bond acceptors (Lipinski definition) is 3. The lowest BCUT2D eigenvalue weighted by Gasteiger charge is -2.48. The Balaban J connectivity index is 1.27. The Bertz CT molecular complexity index is 2840. The predicted octanol–water partition coefficient (Wildman–Crippen LogP) is 12.7. The topological polar surface area (TPSA) is 38.9 Å². The van der Waals surface area contributed by atoms with Crippen molar-refractivity contribution in [2.75, 3.05) is 0 Å². The van der Waals surface area contributed by atoms with Crippen molar-refractivity contribution in [2.45, 2.75) is 38.5 Å². The van der Waals surface area contributed by atoms with Crippen LogP contribution in [0.1, 0.15) is 61.1 Å². The van der Waals surface area contributed by atoms with Crippen molar-refractivity contribution >= 4 is 27.5 Å².